The number of unbranched alkanes of at least 4 members (excludes halogenated alkanes) is 1. The summed E-state index contributed by atoms with van der Waals surface area (Å²) >= 11 is 0. The first kappa shape index (κ1) is 40.6. The van der Waals surface area contributed by atoms with Crippen LogP contribution in [0.5, 0.6) is 0 Å². The average Bonchev–Trinajstić information content (AvgIpc) is 2.95. The quantitative estimate of drug-likeness (QED) is 0.0690. The SMILES string of the molecule is CCCCOC(OCC)(OC(=O)CCC(=O)OC(OCCC)C(OCC)(OCC)OCC)C(OCC)(OCC)OCC. The summed E-state index contributed by atoms with van der Waals surface area (Å²) in [7, 11) is 0. The fourth-order valence-electron chi connectivity index (χ4n) is 3.79. The highest BCUT2D eigenvalue weighted by atomic mass is 17.0. The van der Waals surface area contributed by atoms with Crippen molar-refractivity contribution in [2.45, 2.75) is 119 Å². The number of hydrogen-bond acceptors (Lipinski definition) is 13. The maximum absolute atomic E-state index is 13.2. The molecule has 0 saturated heterocycles. The zero-order valence-corrected chi connectivity index (χ0v) is 27.3. The lowest BCUT2D eigenvalue weighted by Gasteiger charge is -2.44. The van der Waals surface area contributed by atoms with Crippen LogP contribution < -0.4 is 0 Å². The van der Waals surface area contributed by atoms with Crippen LogP contribution in [0, 0.1) is 0 Å². The van der Waals surface area contributed by atoms with E-state index < -0.39 is 42.6 Å². The fraction of sp³-hybridized carbons (Fsp3) is 0.931. The number of carbonyl (C=O) groups excluding carboxylic acids is 2. The summed E-state index contributed by atoms with van der Waals surface area (Å²) in [6.07, 6.45) is -0.0217. The second kappa shape index (κ2) is 23.0. The molecule has 0 radical (unpaired) electrons. The largest absolute Gasteiger partial charge is 0.427 e. The summed E-state index contributed by atoms with van der Waals surface area (Å²) in [6, 6.07) is 0. The van der Waals surface area contributed by atoms with Crippen LogP contribution in [0.3, 0.4) is 0 Å². The van der Waals surface area contributed by atoms with Gasteiger partial charge >= 0.3 is 29.9 Å². The Morgan fingerprint density at radius 3 is 1.40 bits per heavy atom. The van der Waals surface area contributed by atoms with E-state index in [4.69, 9.17) is 52.1 Å². The van der Waals surface area contributed by atoms with Gasteiger partial charge in [0.05, 0.1) is 32.7 Å². The molecule has 0 aromatic heterocycles. The van der Waals surface area contributed by atoms with Crippen LogP contribution in [-0.4, -0.2) is 95.6 Å². The van der Waals surface area contributed by atoms with Crippen molar-refractivity contribution in [1.82, 2.24) is 0 Å². The molecule has 250 valence electrons. The Morgan fingerprint density at radius 2 is 0.976 bits per heavy atom. The lowest BCUT2D eigenvalue weighted by molar-refractivity contribution is -0.549. The molecule has 0 aliphatic carbocycles. The highest BCUT2D eigenvalue weighted by Gasteiger charge is 2.63. The Morgan fingerprint density at radius 1 is 0.524 bits per heavy atom. The first-order valence-corrected chi connectivity index (χ1v) is 15.3. The van der Waals surface area contributed by atoms with Crippen molar-refractivity contribution >= 4 is 11.9 Å². The third-order valence-electron chi connectivity index (χ3n) is 5.32. The van der Waals surface area contributed by atoms with E-state index in [1.807, 2.05) is 13.8 Å². The van der Waals surface area contributed by atoms with Gasteiger partial charge in [0.2, 0.25) is 0 Å². The molecule has 0 aromatic carbocycles. The van der Waals surface area contributed by atoms with Gasteiger partial charge < -0.3 is 52.1 Å². The highest BCUT2D eigenvalue weighted by molar-refractivity contribution is 5.77. The Balaban J connectivity index is 6.03. The lowest BCUT2D eigenvalue weighted by Crippen LogP contribution is -2.65. The predicted molar refractivity (Wildman–Crippen MR) is 152 cm³/mol. The van der Waals surface area contributed by atoms with E-state index in [0.717, 1.165) is 6.42 Å². The third kappa shape index (κ3) is 12.7. The van der Waals surface area contributed by atoms with Crippen LogP contribution in [-0.2, 0) is 61.7 Å². The smallest absolute Gasteiger partial charge is 0.416 e. The zero-order valence-electron chi connectivity index (χ0n) is 27.3. The molecule has 0 bridgehead atoms. The van der Waals surface area contributed by atoms with Crippen molar-refractivity contribution in [3.63, 3.8) is 0 Å². The fourth-order valence-corrected chi connectivity index (χ4v) is 3.79. The van der Waals surface area contributed by atoms with Gasteiger partial charge in [0.25, 0.3) is 6.29 Å². The van der Waals surface area contributed by atoms with E-state index in [0.29, 0.717) is 12.8 Å². The molecule has 13 nitrogen and oxygen atoms in total. The maximum Gasteiger partial charge on any atom is 0.416 e. The van der Waals surface area contributed by atoms with E-state index in [1.165, 1.54) is 0 Å². The van der Waals surface area contributed by atoms with Gasteiger partial charge in [-0.15, -0.1) is 0 Å². The predicted octanol–water partition coefficient (Wildman–Crippen LogP) is 4.64. The minimum absolute atomic E-state index is 0.0707. The van der Waals surface area contributed by atoms with Crippen LogP contribution in [0.1, 0.15) is 94.4 Å². The van der Waals surface area contributed by atoms with Crippen molar-refractivity contribution in [3.8, 4) is 0 Å². The molecule has 0 rings (SSSR count). The standard InChI is InChI=1S/C29H56O13/c1-10-19-23-40-29(39-18-9,28(36-15-6,37-16-7)38-17-8)42-25(31)21-20-24(30)41-26(32-22-11-2)27(33-12-3,34-13-4)35-14-5/h26H,10-23H2,1-9H3. The van der Waals surface area contributed by atoms with Gasteiger partial charge in [0.1, 0.15) is 0 Å². The summed E-state index contributed by atoms with van der Waals surface area (Å²) in [4.78, 5) is 26.2. The third-order valence-corrected chi connectivity index (χ3v) is 5.32. The van der Waals surface area contributed by atoms with Crippen LogP contribution in [0.4, 0.5) is 0 Å². The number of ether oxygens (including phenoxy) is 11. The van der Waals surface area contributed by atoms with Crippen LogP contribution in [0.25, 0.3) is 0 Å². The summed E-state index contributed by atoms with van der Waals surface area (Å²) < 4.78 is 63.8. The van der Waals surface area contributed by atoms with Gasteiger partial charge in [-0.1, -0.05) is 20.3 Å². The first-order chi connectivity index (χ1) is 20.2. The molecular formula is C29H56O13. The normalized spacial score (nSPS) is 14.4. The molecule has 0 aliphatic heterocycles. The molecule has 0 aromatic rings. The minimum Gasteiger partial charge on any atom is -0.427 e. The highest BCUT2D eigenvalue weighted by Crippen LogP contribution is 2.37. The van der Waals surface area contributed by atoms with Gasteiger partial charge in [-0.05, 0) is 61.3 Å². The Bertz CT molecular complexity index is 671. The Labute approximate surface area is 252 Å². The molecule has 0 amide bonds. The summed E-state index contributed by atoms with van der Waals surface area (Å²) in [5.74, 6) is -7.60. The molecule has 0 N–H and O–H groups in total. The van der Waals surface area contributed by atoms with E-state index in [1.54, 1.807) is 48.5 Å². The molecule has 2 unspecified atom stereocenters. The van der Waals surface area contributed by atoms with E-state index in [-0.39, 0.29) is 65.9 Å². The minimum atomic E-state index is -2.21. The number of rotatable bonds is 28. The van der Waals surface area contributed by atoms with Gasteiger partial charge in [-0.2, -0.15) is 0 Å². The van der Waals surface area contributed by atoms with Crippen LogP contribution in [0.15, 0.2) is 0 Å². The van der Waals surface area contributed by atoms with Gasteiger partial charge in [0.15, 0.2) is 0 Å². The molecule has 13 heteroatoms. The molecular weight excluding hydrogens is 556 g/mol. The van der Waals surface area contributed by atoms with Crippen molar-refractivity contribution < 1.29 is 61.7 Å². The van der Waals surface area contributed by atoms with Gasteiger partial charge in [-0.25, -0.2) is 0 Å². The Hall–Kier alpha value is -1.42. The van der Waals surface area contributed by atoms with E-state index >= 15 is 0 Å². The first-order valence-electron chi connectivity index (χ1n) is 15.3. The molecule has 2 atom stereocenters. The van der Waals surface area contributed by atoms with Gasteiger partial charge in [-0.3, -0.25) is 9.59 Å². The van der Waals surface area contributed by atoms with Crippen LogP contribution in [0.2, 0.25) is 0 Å². The molecule has 42 heavy (non-hydrogen) atoms. The van der Waals surface area contributed by atoms with Crippen molar-refractivity contribution in [1.29, 1.82) is 0 Å². The second-order valence-electron chi connectivity index (χ2n) is 8.62. The van der Waals surface area contributed by atoms with Crippen LogP contribution >= 0.6 is 0 Å². The lowest BCUT2D eigenvalue weighted by atomic mass is 10.3. The number of esters is 2. The number of hydrogen-bond donors (Lipinski definition) is 0. The maximum atomic E-state index is 13.2. The monoisotopic (exact) mass is 612 g/mol. The molecule has 0 fully saturated rings. The Kier molecular flexibility index (Phi) is 22.2. The number of carbonyl (C=O) groups is 2. The summed E-state index contributed by atoms with van der Waals surface area (Å²) in [5, 5.41) is 0. The topological polar surface area (TPSA) is 136 Å². The zero-order chi connectivity index (χ0) is 31.9. The van der Waals surface area contributed by atoms with Crippen molar-refractivity contribution in [2.24, 2.45) is 0 Å². The van der Waals surface area contributed by atoms with E-state index in [2.05, 4.69) is 0 Å². The molecule has 0 heterocycles. The molecule has 0 spiro atoms. The van der Waals surface area contributed by atoms with Crippen molar-refractivity contribution in [3.05, 3.63) is 0 Å². The molecule has 0 saturated carbocycles. The molecule has 0 aliphatic rings. The summed E-state index contributed by atoms with van der Waals surface area (Å²) in [6.45, 7) is 17.5. The van der Waals surface area contributed by atoms with Crippen molar-refractivity contribution in [2.75, 3.05) is 59.5 Å². The average molecular weight is 613 g/mol. The summed E-state index contributed by atoms with van der Waals surface area (Å²) in [5.41, 5.74) is 0. The van der Waals surface area contributed by atoms with E-state index in [9.17, 15) is 9.59 Å². The van der Waals surface area contributed by atoms with Gasteiger partial charge in [0, 0.05) is 39.6 Å². The second-order valence-corrected chi connectivity index (χ2v) is 8.62.